The highest BCUT2D eigenvalue weighted by Gasteiger charge is 2.33. The van der Waals surface area contributed by atoms with Crippen LogP contribution in [0.5, 0.6) is 0 Å². The number of carbonyl (C=O) groups is 1. The second-order valence-electron chi connectivity index (χ2n) is 5.94. The fourth-order valence-corrected chi connectivity index (χ4v) is 3.68. The van der Waals surface area contributed by atoms with E-state index in [0.717, 1.165) is 24.9 Å². The maximum Gasteiger partial charge on any atom is 0.231 e. The van der Waals surface area contributed by atoms with Gasteiger partial charge in [-0.1, -0.05) is 42.6 Å². The molecule has 9 heteroatoms. The van der Waals surface area contributed by atoms with Crippen LogP contribution in [0.25, 0.3) is 5.69 Å². The molecule has 1 aliphatic rings. The highest BCUT2D eigenvalue weighted by atomic mass is 35.5. The molecule has 0 spiro atoms. The Morgan fingerprint density at radius 3 is 2.72 bits per heavy atom. The summed E-state index contributed by atoms with van der Waals surface area (Å²) < 4.78 is 1.55. The van der Waals surface area contributed by atoms with Gasteiger partial charge in [0.15, 0.2) is 0 Å². The van der Waals surface area contributed by atoms with Gasteiger partial charge in [0.05, 0.1) is 17.5 Å². The number of nitriles is 1. The van der Waals surface area contributed by atoms with Gasteiger partial charge >= 0.3 is 0 Å². The van der Waals surface area contributed by atoms with Crippen molar-refractivity contribution in [3.63, 3.8) is 0 Å². The molecule has 0 unspecified atom stereocenters. The molecule has 1 saturated carbocycles. The Morgan fingerprint density at radius 2 is 2.04 bits per heavy atom. The molecule has 1 aromatic heterocycles. The van der Waals surface area contributed by atoms with Crippen LogP contribution in [0.2, 0.25) is 5.02 Å². The van der Waals surface area contributed by atoms with Gasteiger partial charge in [-0.2, -0.15) is 9.94 Å². The molecule has 3 rings (SSSR count). The summed E-state index contributed by atoms with van der Waals surface area (Å²) in [5, 5.41) is 25.0. The number of nitrogens with zero attached hydrogens (tertiary/aromatic N) is 5. The van der Waals surface area contributed by atoms with E-state index in [2.05, 4.69) is 26.9 Å². The largest absolute Gasteiger partial charge is 0.337 e. The number of hydrogen-bond acceptors (Lipinski definition) is 6. The Morgan fingerprint density at radius 1 is 1.32 bits per heavy atom. The highest BCUT2D eigenvalue weighted by Crippen LogP contribution is 2.28. The second-order valence-corrected chi connectivity index (χ2v) is 7.32. The van der Waals surface area contributed by atoms with Gasteiger partial charge in [0, 0.05) is 5.02 Å². The molecule has 2 aromatic rings. The van der Waals surface area contributed by atoms with Gasteiger partial charge in [-0.15, -0.1) is 5.10 Å². The van der Waals surface area contributed by atoms with E-state index in [1.807, 2.05) is 0 Å². The highest BCUT2D eigenvalue weighted by molar-refractivity contribution is 7.99. The number of thioether (sulfide) groups is 1. The number of aromatic nitrogens is 4. The fourth-order valence-electron chi connectivity index (χ4n) is 2.87. The van der Waals surface area contributed by atoms with Crippen LogP contribution in [-0.2, 0) is 4.79 Å². The summed E-state index contributed by atoms with van der Waals surface area (Å²) in [5.41, 5.74) is 0.0379. The summed E-state index contributed by atoms with van der Waals surface area (Å²) in [6.07, 6.45) is 4.47. The zero-order valence-corrected chi connectivity index (χ0v) is 15.1. The topological polar surface area (TPSA) is 96.5 Å². The van der Waals surface area contributed by atoms with Gasteiger partial charge in [-0.05, 0) is 47.5 Å². The number of tetrazole rings is 1. The minimum atomic E-state index is -0.724. The van der Waals surface area contributed by atoms with Gasteiger partial charge in [0.2, 0.25) is 11.1 Å². The zero-order chi connectivity index (χ0) is 17.7. The summed E-state index contributed by atoms with van der Waals surface area (Å²) in [5.74, 6) is -0.0312. The Balaban J connectivity index is 1.62. The third-order valence-corrected chi connectivity index (χ3v) is 5.32. The first-order valence-corrected chi connectivity index (χ1v) is 9.38. The van der Waals surface area contributed by atoms with E-state index in [1.54, 1.807) is 28.9 Å². The van der Waals surface area contributed by atoms with Crippen molar-refractivity contribution < 1.29 is 4.79 Å². The van der Waals surface area contributed by atoms with Gasteiger partial charge in [0.25, 0.3) is 0 Å². The molecule has 1 heterocycles. The third kappa shape index (κ3) is 4.30. The Kier molecular flexibility index (Phi) is 5.56. The normalized spacial score (nSPS) is 16.2. The van der Waals surface area contributed by atoms with E-state index in [1.165, 1.54) is 11.8 Å². The van der Waals surface area contributed by atoms with Crippen molar-refractivity contribution >= 4 is 29.3 Å². The van der Waals surface area contributed by atoms with Gasteiger partial charge in [-0.3, -0.25) is 4.79 Å². The van der Waals surface area contributed by atoms with Crippen LogP contribution in [-0.4, -0.2) is 37.4 Å². The van der Waals surface area contributed by atoms with Crippen molar-refractivity contribution in [2.75, 3.05) is 5.75 Å². The van der Waals surface area contributed by atoms with Crippen LogP contribution < -0.4 is 5.32 Å². The summed E-state index contributed by atoms with van der Waals surface area (Å²) in [6, 6.07) is 9.39. The van der Waals surface area contributed by atoms with Crippen LogP contribution >= 0.6 is 23.4 Å². The van der Waals surface area contributed by atoms with Crippen LogP contribution in [0, 0.1) is 11.3 Å². The number of hydrogen-bond donors (Lipinski definition) is 1. The fraction of sp³-hybridized carbons (Fsp3) is 0.438. The molecule has 1 aliphatic carbocycles. The molecule has 25 heavy (non-hydrogen) atoms. The number of halogens is 1. The lowest BCUT2D eigenvalue weighted by atomic mass is 9.83. The number of rotatable bonds is 5. The Hall–Kier alpha value is -2.11. The maximum absolute atomic E-state index is 12.3. The van der Waals surface area contributed by atoms with Crippen LogP contribution in [0.15, 0.2) is 29.4 Å². The van der Waals surface area contributed by atoms with Crippen molar-refractivity contribution in [1.29, 1.82) is 5.26 Å². The van der Waals surface area contributed by atoms with E-state index in [4.69, 9.17) is 11.6 Å². The van der Waals surface area contributed by atoms with E-state index in [0.29, 0.717) is 23.0 Å². The van der Waals surface area contributed by atoms with Gasteiger partial charge in [0.1, 0.15) is 5.54 Å². The van der Waals surface area contributed by atoms with E-state index < -0.39 is 5.54 Å². The Labute approximate surface area is 154 Å². The van der Waals surface area contributed by atoms with Gasteiger partial charge < -0.3 is 5.32 Å². The number of benzene rings is 1. The molecule has 7 nitrogen and oxygen atoms in total. The predicted octanol–water partition coefficient (Wildman–Crippen LogP) is 2.75. The van der Waals surface area contributed by atoms with Gasteiger partial charge in [-0.25, -0.2) is 0 Å². The molecule has 0 atom stereocenters. The first-order chi connectivity index (χ1) is 12.1. The van der Waals surface area contributed by atoms with Crippen molar-refractivity contribution in [2.24, 2.45) is 0 Å². The zero-order valence-electron chi connectivity index (χ0n) is 13.5. The third-order valence-electron chi connectivity index (χ3n) is 4.14. The molecular weight excluding hydrogens is 360 g/mol. The predicted molar refractivity (Wildman–Crippen MR) is 94.5 cm³/mol. The first-order valence-electron chi connectivity index (χ1n) is 8.01. The summed E-state index contributed by atoms with van der Waals surface area (Å²) in [7, 11) is 0. The summed E-state index contributed by atoms with van der Waals surface area (Å²) >= 11 is 7.12. The molecule has 0 aliphatic heterocycles. The summed E-state index contributed by atoms with van der Waals surface area (Å²) in [6.45, 7) is 0. The van der Waals surface area contributed by atoms with E-state index in [-0.39, 0.29) is 11.7 Å². The SMILES string of the molecule is N#CC1(NC(=O)CSc2nnnn2-c2ccc(Cl)cc2)CCCCC1. The van der Waals surface area contributed by atoms with Crippen LogP contribution in [0.3, 0.4) is 0 Å². The van der Waals surface area contributed by atoms with Crippen molar-refractivity contribution in [3.8, 4) is 11.8 Å². The van der Waals surface area contributed by atoms with Crippen molar-refractivity contribution in [2.45, 2.75) is 42.8 Å². The maximum atomic E-state index is 12.3. The van der Waals surface area contributed by atoms with Crippen LogP contribution in [0.1, 0.15) is 32.1 Å². The average molecular weight is 377 g/mol. The average Bonchev–Trinajstić information content (AvgIpc) is 3.10. The monoisotopic (exact) mass is 376 g/mol. The molecule has 0 radical (unpaired) electrons. The van der Waals surface area contributed by atoms with E-state index >= 15 is 0 Å². The molecule has 1 fully saturated rings. The standard InChI is InChI=1S/C16H17ClN6OS/c17-12-4-6-13(7-5-12)23-15(20-21-22-23)25-10-14(24)19-16(11-18)8-2-1-3-9-16/h4-7H,1-3,8-10H2,(H,19,24). The van der Waals surface area contributed by atoms with Crippen molar-refractivity contribution in [1.82, 2.24) is 25.5 Å². The minimum absolute atomic E-state index is 0.150. The molecule has 0 bridgehead atoms. The number of carbonyl (C=O) groups excluding carboxylic acids is 1. The second kappa shape index (κ2) is 7.85. The lowest BCUT2D eigenvalue weighted by molar-refractivity contribution is -0.120. The van der Waals surface area contributed by atoms with Crippen LogP contribution in [0.4, 0.5) is 0 Å². The molecule has 1 amide bonds. The molecule has 0 saturated heterocycles. The number of amides is 1. The number of nitrogens with one attached hydrogen (secondary N) is 1. The quantitative estimate of drug-likeness (QED) is 0.806. The minimum Gasteiger partial charge on any atom is -0.337 e. The molecular formula is C16H17ClN6OS. The van der Waals surface area contributed by atoms with E-state index in [9.17, 15) is 10.1 Å². The lowest BCUT2D eigenvalue weighted by Gasteiger charge is -2.31. The summed E-state index contributed by atoms with van der Waals surface area (Å²) in [4.78, 5) is 12.3. The lowest BCUT2D eigenvalue weighted by Crippen LogP contribution is -2.49. The first kappa shape index (κ1) is 17.7. The molecule has 130 valence electrons. The Bertz CT molecular complexity index is 779. The molecule has 1 aromatic carbocycles. The molecule has 1 N–H and O–H groups in total. The van der Waals surface area contributed by atoms with Crippen molar-refractivity contribution in [3.05, 3.63) is 29.3 Å². The smallest absolute Gasteiger partial charge is 0.231 e.